The molecule has 1 heterocycles. The van der Waals surface area contributed by atoms with E-state index < -0.39 is 0 Å². The molecule has 0 unspecified atom stereocenters. The number of hydrogen-bond donors (Lipinski definition) is 2. The molecule has 1 aromatic carbocycles. The average molecular weight is 404 g/mol. The highest BCUT2D eigenvalue weighted by atomic mass is 19.1. The Labute approximate surface area is 176 Å². The summed E-state index contributed by atoms with van der Waals surface area (Å²) in [5.74, 6) is 0.118. The van der Waals surface area contributed by atoms with Gasteiger partial charge in [0, 0.05) is 30.8 Å². The summed E-state index contributed by atoms with van der Waals surface area (Å²) in [7, 11) is 0. The van der Waals surface area contributed by atoms with Crippen LogP contribution in [-0.4, -0.2) is 23.8 Å². The molecule has 3 rings (SSSR count). The van der Waals surface area contributed by atoms with Crippen LogP contribution in [0.3, 0.4) is 0 Å². The van der Waals surface area contributed by atoms with Gasteiger partial charge in [0.1, 0.15) is 5.82 Å². The summed E-state index contributed by atoms with van der Waals surface area (Å²) in [6.07, 6.45) is 11.4. The number of aliphatic imine (C=N–C) groups is 1. The molecule has 0 bridgehead atoms. The quantitative estimate of drug-likeness (QED) is 0.513. The van der Waals surface area contributed by atoms with Crippen LogP contribution in [0, 0.1) is 5.82 Å². The monoisotopic (exact) mass is 404 g/mol. The second-order valence-corrected chi connectivity index (χ2v) is 6.95. The number of carbonyl (C=O) groups excluding carboxylic acids is 1. The molecule has 0 spiro atoms. The van der Waals surface area contributed by atoms with Crippen LogP contribution in [-0.2, 0) is 17.6 Å². The van der Waals surface area contributed by atoms with Crippen LogP contribution in [0.2, 0.25) is 0 Å². The van der Waals surface area contributed by atoms with Crippen LogP contribution in [0.25, 0.3) is 0 Å². The molecule has 5 nitrogen and oxygen atoms in total. The molecule has 1 amide bonds. The number of rotatable bonds is 8. The number of aromatic nitrogens is 1. The fourth-order valence-electron chi connectivity index (χ4n) is 2.98. The zero-order valence-corrected chi connectivity index (χ0v) is 16.9. The molecule has 0 radical (unpaired) electrons. The summed E-state index contributed by atoms with van der Waals surface area (Å²) in [5, 5.41) is 6.07. The smallest absolute Gasteiger partial charge is 0.224 e. The fourth-order valence-corrected chi connectivity index (χ4v) is 2.98. The Balaban J connectivity index is 1.47. The Morgan fingerprint density at radius 1 is 1.23 bits per heavy atom. The second kappa shape index (κ2) is 10.9. The number of halogens is 1. The SMILES string of the molecule is CC1=C(N/C=N/c2cccc(CCNC(=O)Cc3cccc(F)c3)n2)CC=CC=C1. The van der Waals surface area contributed by atoms with Gasteiger partial charge in [-0.25, -0.2) is 14.4 Å². The third-order valence-electron chi connectivity index (χ3n) is 4.58. The van der Waals surface area contributed by atoms with Crippen molar-refractivity contribution < 1.29 is 9.18 Å². The van der Waals surface area contributed by atoms with Gasteiger partial charge in [-0.15, -0.1) is 0 Å². The molecule has 0 fully saturated rings. The van der Waals surface area contributed by atoms with E-state index in [4.69, 9.17) is 0 Å². The first kappa shape index (κ1) is 21.2. The molecule has 0 saturated carbocycles. The van der Waals surface area contributed by atoms with Gasteiger partial charge in [-0.05, 0) is 42.3 Å². The van der Waals surface area contributed by atoms with E-state index in [9.17, 15) is 9.18 Å². The summed E-state index contributed by atoms with van der Waals surface area (Å²) in [5.41, 5.74) is 3.76. The molecule has 6 heteroatoms. The van der Waals surface area contributed by atoms with Crippen LogP contribution in [0.1, 0.15) is 24.6 Å². The number of hydrogen-bond acceptors (Lipinski definition) is 3. The highest BCUT2D eigenvalue weighted by Gasteiger charge is 2.05. The van der Waals surface area contributed by atoms with Crippen molar-refractivity contribution in [2.75, 3.05) is 6.54 Å². The number of amides is 1. The molecule has 154 valence electrons. The van der Waals surface area contributed by atoms with Crippen molar-refractivity contribution in [3.8, 4) is 0 Å². The van der Waals surface area contributed by atoms with Crippen molar-refractivity contribution in [1.29, 1.82) is 0 Å². The number of nitrogens with zero attached hydrogens (tertiary/aromatic N) is 2. The Morgan fingerprint density at radius 3 is 2.97 bits per heavy atom. The Morgan fingerprint density at radius 2 is 2.10 bits per heavy atom. The first-order valence-electron chi connectivity index (χ1n) is 9.89. The van der Waals surface area contributed by atoms with Gasteiger partial charge < -0.3 is 10.6 Å². The van der Waals surface area contributed by atoms with Gasteiger partial charge in [-0.3, -0.25) is 4.79 Å². The third-order valence-corrected chi connectivity index (χ3v) is 4.58. The predicted molar refractivity (Wildman–Crippen MR) is 118 cm³/mol. The van der Waals surface area contributed by atoms with Gasteiger partial charge in [-0.1, -0.05) is 42.5 Å². The summed E-state index contributed by atoms with van der Waals surface area (Å²) >= 11 is 0. The van der Waals surface area contributed by atoms with Gasteiger partial charge >= 0.3 is 0 Å². The predicted octanol–water partition coefficient (Wildman–Crippen LogP) is 4.16. The lowest BCUT2D eigenvalue weighted by Gasteiger charge is -2.07. The maximum atomic E-state index is 13.2. The lowest BCUT2D eigenvalue weighted by molar-refractivity contribution is -0.120. The summed E-state index contributed by atoms with van der Waals surface area (Å²) in [4.78, 5) is 20.9. The Kier molecular flexibility index (Phi) is 7.66. The van der Waals surface area contributed by atoms with Gasteiger partial charge in [0.25, 0.3) is 0 Å². The van der Waals surface area contributed by atoms with E-state index in [1.54, 1.807) is 18.5 Å². The fraction of sp³-hybridized carbons (Fsp3) is 0.208. The first-order chi connectivity index (χ1) is 14.6. The molecule has 0 aliphatic heterocycles. The summed E-state index contributed by atoms with van der Waals surface area (Å²) < 4.78 is 13.2. The number of nitrogens with one attached hydrogen (secondary N) is 2. The largest absolute Gasteiger partial charge is 0.355 e. The number of carbonyl (C=O) groups is 1. The van der Waals surface area contributed by atoms with Crippen molar-refractivity contribution in [1.82, 2.24) is 15.6 Å². The standard InChI is InChI=1S/C24H25FN4O/c1-18-7-3-2-4-11-22(18)27-17-28-23-12-6-10-21(29-23)13-14-26-24(30)16-19-8-5-9-20(25)15-19/h2-10,12,15,17H,11,13-14,16H2,1H3,(H,26,30)(H,27,28,29). The van der Waals surface area contributed by atoms with Crippen molar-refractivity contribution >= 4 is 18.1 Å². The molecule has 2 aromatic rings. The Bertz CT molecular complexity index is 1010. The van der Waals surface area contributed by atoms with Crippen LogP contribution < -0.4 is 10.6 Å². The minimum absolute atomic E-state index is 0.144. The molecule has 1 aliphatic rings. The van der Waals surface area contributed by atoms with E-state index in [0.717, 1.165) is 17.8 Å². The van der Waals surface area contributed by atoms with E-state index in [1.165, 1.54) is 17.7 Å². The van der Waals surface area contributed by atoms with E-state index in [2.05, 4.69) is 39.7 Å². The van der Waals surface area contributed by atoms with Crippen LogP contribution in [0.4, 0.5) is 10.2 Å². The van der Waals surface area contributed by atoms with Crippen molar-refractivity contribution in [3.63, 3.8) is 0 Å². The minimum atomic E-state index is -0.338. The Hall–Kier alpha value is -3.54. The van der Waals surface area contributed by atoms with E-state index >= 15 is 0 Å². The molecule has 30 heavy (non-hydrogen) atoms. The van der Waals surface area contributed by atoms with Gasteiger partial charge in [0.05, 0.1) is 12.8 Å². The molecule has 0 atom stereocenters. The van der Waals surface area contributed by atoms with E-state index in [1.807, 2.05) is 30.4 Å². The van der Waals surface area contributed by atoms with E-state index in [-0.39, 0.29) is 18.1 Å². The second-order valence-electron chi connectivity index (χ2n) is 6.95. The number of allylic oxidation sites excluding steroid dienone is 5. The highest BCUT2D eigenvalue weighted by Crippen LogP contribution is 2.12. The summed E-state index contributed by atoms with van der Waals surface area (Å²) in [6.45, 7) is 2.51. The third kappa shape index (κ3) is 6.81. The maximum absolute atomic E-state index is 13.2. The summed E-state index contributed by atoms with van der Waals surface area (Å²) in [6, 6.07) is 11.7. The lowest BCUT2D eigenvalue weighted by atomic mass is 10.1. The maximum Gasteiger partial charge on any atom is 0.224 e. The molecule has 1 aromatic heterocycles. The first-order valence-corrected chi connectivity index (χ1v) is 9.89. The zero-order valence-electron chi connectivity index (χ0n) is 16.9. The topological polar surface area (TPSA) is 66.4 Å². The lowest BCUT2D eigenvalue weighted by Crippen LogP contribution is -2.27. The highest BCUT2D eigenvalue weighted by molar-refractivity contribution is 5.78. The van der Waals surface area contributed by atoms with Gasteiger partial charge in [0.15, 0.2) is 5.82 Å². The van der Waals surface area contributed by atoms with Gasteiger partial charge in [-0.2, -0.15) is 0 Å². The average Bonchev–Trinajstić information content (AvgIpc) is 2.93. The van der Waals surface area contributed by atoms with Crippen molar-refractivity contribution in [3.05, 3.63) is 95.1 Å². The van der Waals surface area contributed by atoms with Crippen molar-refractivity contribution in [2.45, 2.75) is 26.2 Å². The van der Waals surface area contributed by atoms with Gasteiger partial charge in [0.2, 0.25) is 5.91 Å². The van der Waals surface area contributed by atoms with Crippen LogP contribution in [0.15, 0.2) is 83.0 Å². The molecule has 0 saturated heterocycles. The zero-order chi connectivity index (χ0) is 21.2. The minimum Gasteiger partial charge on any atom is -0.355 e. The number of pyridine rings is 1. The molecule has 2 N–H and O–H groups in total. The van der Waals surface area contributed by atoms with Crippen molar-refractivity contribution in [2.24, 2.45) is 4.99 Å². The molecule has 1 aliphatic carbocycles. The molecular formula is C24H25FN4O. The van der Waals surface area contributed by atoms with E-state index in [0.29, 0.717) is 24.3 Å². The number of benzene rings is 1. The van der Waals surface area contributed by atoms with Crippen LogP contribution >= 0.6 is 0 Å². The van der Waals surface area contributed by atoms with Crippen LogP contribution in [0.5, 0.6) is 0 Å². The molecular weight excluding hydrogens is 379 g/mol. The normalized spacial score (nSPS) is 13.5.